The summed E-state index contributed by atoms with van der Waals surface area (Å²) < 4.78 is 0. The minimum absolute atomic E-state index is 0.0353. The van der Waals surface area contributed by atoms with Crippen molar-refractivity contribution in [2.24, 2.45) is 56.7 Å². The molecule has 1 unspecified atom stereocenters. The van der Waals surface area contributed by atoms with Crippen molar-refractivity contribution in [1.29, 1.82) is 0 Å². The topological polar surface area (TPSA) is 89.9 Å². The second-order valence-electron chi connectivity index (χ2n) is 20.3. The zero-order chi connectivity index (χ0) is 39.4. The molecule has 0 bridgehead atoms. The number of nitrogens with zero attached hydrogens (tertiary/aromatic N) is 1. The van der Waals surface area contributed by atoms with Crippen LogP contribution < -0.4 is 5.32 Å². The van der Waals surface area contributed by atoms with Gasteiger partial charge >= 0.3 is 5.97 Å². The van der Waals surface area contributed by atoms with Gasteiger partial charge in [-0.25, -0.2) is 0 Å². The Hall–Kier alpha value is -1.05. The Morgan fingerprint density at radius 2 is 1.44 bits per heavy atom. The van der Waals surface area contributed by atoms with Crippen LogP contribution in [0, 0.1) is 56.7 Å². The van der Waals surface area contributed by atoms with E-state index in [1.165, 1.54) is 50.5 Å². The van der Waals surface area contributed by atoms with E-state index >= 15 is 0 Å². The van der Waals surface area contributed by atoms with E-state index in [2.05, 4.69) is 70.4 Å². The zero-order valence-corrected chi connectivity index (χ0v) is 36.7. The highest BCUT2D eigenvalue weighted by atomic mass is 32.2. The number of thioether (sulfide) groups is 1. The standard InChI is InChI=1S/C47H82N2O4S/c1-9-49(10-2)31-32-54-33-34(3)35-22-27-47(42(53)48-30-18-16-14-12-11-13-15-17-19-40(51)52)29-28-45(7)36(41(35)47)20-21-38-44(6)25-24-39(50)43(4,5)37(44)23-26-46(38,45)8/h35-39,41,50H,3,9-33H2,1-2,4-8H3,(H,48,53)(H,51,52)/t35-,36+,37-,38?,39-,41+,44-,45+,46+,47-/m0/s1. The molecule has 0 aliphatic heterocycles. The number of unbranched alkanes of at least 4 members (excludes halogenated alkanes) is 7. The molecule has 0 spiro atoms. The molecule has 0 radical (unpaired) electrons. The van der Waals surface area contributed by atoms with E-state index in [0.717, 1.165) is 108 Å². The number of aliphatic hydroxyl groups excluding tert-OH is 1. The molecule has 10 atom stereocenters. The predicted molar refractivity (Wildman–Crippen MR) is 227 cm³/mol. The number of rotatable bonds is 20. The number of hydrogen-bond acceptors (Lipinski definition) is 5. The third-order valence-corrected chi connectivity index (χ3v) is 18.8. The highest BCUT2D eigenvalue weighted by Gasteiger charge is 2.72. The Morgan fingerprint density at radius 1 is 0.778 bits per heavy atom. The summed E-state index contributed by atoms with van der Waals surface area (Å²) >= 11 is 2.06. The van der Waals surface area contributed by atoms with Crippen molar-refractivity contribution in [3.05, 3.63) is 12.2 Å². The number of aliphatic carboxylic acids is 1. The number of nitrogens with one attached hydrogen (secondary N) is 1. The van der Waals surface area contributed by atoms with Crippen LogP contribution in [0.3, 0.4) is 0 Å². The summed E-state index contributed by atoms with van der Waals surface area (Å²) in [6, 6.07) is 0. The second kappa shape index (κ2) is 18.3. The van der Waals surface area contributed by atoms with Crippen molar-refractivity contribution in [2.75, 3.05) is 37.7 Å². The van der Waals surface area contributed by atoms with Crippen LogP contribution in [-0.4, -0.2) is 70.8 Å². The van der Waals surface area contributed by atoms with Crippen LogP contribution in [-0.2, 0) is 9.59 Å². The fourth-order valence-corrected chi connectivity index (χ4v) is 15.3. The van der Waals surface area contributed by atoms with E-state index in [1.54, 1.807) is 0 Å². The van der Waals surface area contributed by atoms with Crippen LogP contribution in [0.25, 0.3) is 0 Å². The first-order valence-electron chi connectivity index (χ1n) is 22.8. The lowest BCUT2D eigenvalue weighted by Gasteiger charge is -2.72. The molecule has 3 N–H and O–H groups in total. The first-order valence-corrected chi connectivity index (χ1v) is 23.9. The Bertz CT molecular complexity index is 1280. The second-order valence-corrected chi connectivity index (χ2v) is 21.4. The molecular formula is C47H82N2O4S. The summed E-state index contributed by atoms with van der Waals surface area (Å²) in [5, 5.41) is 23.6. The van der Waals surface area contributed by atoms with Crippen molar-refractivity contribution in [3.8, 4) is 0 Å². The van der Waals surface area contributed by atoms with Crippen LogP contribution in [0.4, 0.5) is 0 Å². The molecule has 0 heterocycles. The van der Waals surface area contributed by atoms with Gasteiger partial charge in [-0.2, -0.15) is 11.8 Å². The van der Waals surface area contributed by atoms with Crippen LogP contribution in [0.2, 0.25) is 0 Å². The van der Waals surface area contributed by atoms with E-state index in [0.29, 0.717) is 35.5 Å². The monoisotopic (exact) mass is 771 g/mol. The molecule has 6 nitrogen and oxygen atoms in total. The summed E-state index contributed by atoms with van der Waals surface area (Å²) in [4.78, 5) is 28.0. The fourth-order valence-electron chi connectivity index (χ4n) is 14.3. The van der Waals surface area contributed by atoms with E-state index in [4.69, 9.17) is 11.7 Å². The highest BCUT2D eigenvalue weighted by molar-refractivity contribution is 7.99. The van der Waals surface area contributed by atoms with Gasteiger partial charge in [0.1, 0.15) is 0 Å². The number of carbonyl (C=O) groups is 2. The first-order chi connectivity index (χ1) is 25.6. The van der Waals surface area contributed by atoms with Crippen molar-refractivity contribution in [3.63, 3.8) is 0 Å². The lowest BCUT2D eigenvalue weighted by Crippen LogP contribution is -2.67. The average Bonchev–Trinajstić information content (AvgIpc) is 3.53. The Balaban J connectivity index is 1.29. The van der Waals surface area contributed by atoms with Gasteiger partial charge in [-0.1, -0.05) is 99.1 Å². The summed E-state index contributed by atoms with van der Waals surface area (Å²) in [5.41, 5.74) is 1.79. The van der Waals surface area contributed by atoms with Gasteiger partial charge in [0.25, 0.3) is 0 Å². The first kappa shape index (κ1) is 44.1. The molecule has 5 saturated carbocycles. The summed E-state index contributed by atoms with van der Waals surface area (Å²) in [5.74, 6) is 4.39. The molecule has 5 rings (SSSR count). The van der Waals surface area contributed by atoms with Gasteiger partial charge in [0, 0.05) is 31.0 Å². The maximum absolute atomic E-state index is 14.7. The quantitative estimate of drug-likeness (QED) is 0.0844. The van der Waals surface area contributed by atoms with Gasteiger partial charge in [-0.05, 0) is 141 Å². The van der Waals surface area contributed by atoms with Crippen LogP contribution in [0.1, 0.15) is 170 Å². The normalized spacial score (nSPS) is 38.2. The minimum Gasteiger partial charge on any atom is -0.481 e. The SMILES string of the molecule is C=C(CSCCN(CC)CC)[C@@H]1CC[C@]2(C(=O)NCCCCCCCCCCC(=O)O)CC[C@]3(C)[C@H](CCC4[C@@]5(C)CC[C@H](O)C(C)(C)[C@@H]5CC[C@]43C)[C@@H]12. The Morgan fingerprint density at radius 3 is 2.11 bits per heavy atom. The Kier molecular flexibility index (Phi) is 14.9. The molecule has 7 heteroatoms. The molecule has 0 aromatic rings. The molecule has 5 aliphatic rings. The molecule has 0 aromatic heterocycles. The van der Waals surface area contributed by atoms with Crippen molar-refractivity contribution in [2.45, 2.75) is 177 Å². The Labute approximate surface area is 335 Å². The number of carboxylic acids is 1. The summed E-state index contributed by atoms with van der Waals surface area (Å²) in [6.07, 6.45) is 20.1. The van der Waals surface area contributed by atoms with Gasteiger partial charge < -0.3 is 20.4 Å². The largest absolute Gasteiger partial charge is 0.481 e. The lowest BCUT2D eigenvalue weighted by molar-refractivity contribution is -0.246. The summed E-state index contributed by atoms with van der Waals surface area (Å²) in [7, 11) is 0. The van der Waals surface area contributed by atoms with E-state index in [1.807, 2.05) is 0 Å². The van der Waals surface area contributed by atoms with E-state index in [-0.39, 0.29) is 39.6 Å². The van der Waals surface area contributed by atoms with Gasteiger partial charge in [0.15, 0.2) is 0 Å². The van der Waals surface area contributed by atoms with E-state index in [9.17, 15) is 14.7 Å². The summed E-state index contributed by atoms with van der Waals surface area (Å²) in [6.45, 7) is 26.2. The van der Waals surface area contributed by atoms with Gasteiger partial charge in [0.05, 0.1) is 11.5 Å². The number of amides is 1. The highest BCUT2D eigenvalue weighted by Crippen LogP contribution is 2.77. The average molecular weight is 771 g/mol. The van der Waals surface area contributed by atoms with Crippen LogP contribution >= 0.6 is 11.8 Å². The number of aliphatic hydroxyl groups is 1. The van der Waals surface area contributed by atoms with Crippen molar-refractivity contribution in [1.82, 2.24) is 10.2 Å². The smallest absolute Gasteiger partial charge is 0.303 e. The van der Waals surface area contributed by atoms with Gasteiger partial charge in [-0.3, -0.25) is 9.59 Å². The van der Waals surface area contributed by atoms with Gasteiger partial charge in [0.2, 0.25) is 5.91 Å². The van der Waals surface area contributed by atoms with Crippen molar-refractivity contribution >= 4 is 23.6 Å². The fraction of sp³-hybridized carbons (Fsp3) is 0.915. The van der Waals surface area contributed by atoms with Gasteiger partial charge in [-0.15, -0.1) is 0 Å². The number of fused-ring (bicyclic) bond motifs is 7. The van der Waals surface area contributed by atoms with E-state index < -0.39 is 5.97 Å². The minimum atomic E-state index is -0.687. The zero-order valence-electron chi connectivity index (χ0n) is 35.9. The lowest BCUT2D eigenvalue weighted by atomic mass is 9.32. The molecule has 5 aliphatic carbocycles. The maximum atomic E-state index is 14.7. The predicted octanol–water partition coefficient (Wildman–Crippen LogP) is 10.8. The van der Waals surface area contributed by atoms with Crippen LogP contribution in [0.15, 0.2) is 12.2 Å². The van der Waals surface area contributed by atoms with Crippen molar-refractivity contribution < 1.29 is 19.8 Å². The molecule has 0 saturated heterocycles. The number of carbonyl (C=O) groups excluding carboxylic acids is 1. The molecule has 5 fully saturated rings. The molecule has 0 aromatic carbocycles. The molecular weight excluding hydrogens is 689 g/mol. The third-order valence-electron chi connectivity index (χ3n) is 17.7. The number of carboxylic acid groups (broad SMARTS) is 1. The molecule has 1 amide bonds. The molecule has 310 valence electrons. The van der Waals surface area contributed by atoms with Crippen LogP contribution in [0.5, 0.6) is 0 Å². The molecule has 54 heavy (non-hydrogen) atoms. The maximum Gasteiger partial charge on any atom is 0.303 e. The third kappa shape index (κ3) is 8.41. The number of hydrogen-bond donors (Lipinski definition) is 3.